The van der Waals surface area contributed by atoms with E-state index in [-0.39, 0.29) is 5.54 Å². The quantitative estimate of drug-likeness (QED) is 0.916. The van der Waals surface area contributed by atoms with Crippen LogP contribution in [0, 0.1) is 0 Å². The average Bonchev–Trinajstić information content (AvgIpc) is 2.75. The molecule has 1 atom stereocenters. The van der Waals surface area contributed by atoms with Gasteiger partial charge in [-0.2, -0.15) is 11.3 Å². The molecule has 1 aliphatic carbocycles. The van der Waals surface area contributed by atoms with E-state index in [1.54, 1.807) is 11.3 Å². The van der Waals surface area contributed by atoms with Gasteiger partial charge in [-0.15, -0.1) is 0 Å². The molecule has 0 aromatic carbocycles. The zero-order valence-corrected chi connectivity index (χ0v) is 12.9. The summed E-state index contributed by atoms with van der Waals surface area (Å²) in [5.74, 6) is 0. The minimum atomic E-state index is -0.390. The highest BCUT2D eigenvalue weighted by atomic mass is 79.9. The lowest BCUT2D eigenvalue weighted by atomic mass is 9.75. The molecule has 1 aromatic rings. The highest BCUT2D eigenvalue weighted by Crippen LogP contribution is 2.44. The molecule has 0 spiro atoms. The highest BCUT2D eigenvalue weighted by molar-refractivity contribution is 9.10. The molecule has 1 unspecified atom stereocenters. The number of halogens is 1. The summed E-state index contributed by atoms with van der Waals surface area (Å²) in [6.07, 6.45) is 5.52. The normalized spacial score (nSPS) is 21.7. The minimum Gasteiger partial charge on any atom is -0.386 e. The van der Waals surface area contributed by atoms with Crippen molar-refractivity contribution >= 4 is 27.3 Å². The summed E-state index contributed by atoms with van der Waals surface area (Å²) >= 11 is 5.18. The summed E-state index contributed by atoms with van der Waals surface area (Å²) in [5, 5.41) is 14.9. The topological polar surface area (TPSA) is 23.5 Å². The fourth-order valence-electron chi connectivity index (χ4n) is 2.91. The summed E-state index contributed by atoms with van der Waals surface area (Å²) in [4.78, 5) is 2.22. The number of rotatable bonds is 3. The van der Waals surface area contributed by atoms with Gasteiger partial charge in [0.25, 0.3) is 0 Å². The van der Waals surface area contributed by atoms with E-state index in [4.69, 9.17) is 0 Å². The van der Waals surface area contributed by atoms with Gasteiger partial charge in [-0.1, -0.05) is 19.3 Å². The molecule has 4 heteroatoms. The number of hydrogen-bond donors (Lipinski definition) is 1. The van der Waals surface area contributed by atoms with Crippen LogP contribution in [0.2, 0.25) is 0 Å². The van der Waals surface area contributed by atoms with Gasteiger partial charge in [0.15, 0.2) is 0 Å². The molecule has 1 N–H and O–H groups in total. The lowest BCUT2D eigenvalue weighted by Gasteiger charge is -2.46. The summed E-state index contributed by atoms with van der Waals surface area (Å²) in [5.41, 5.74) is 0.965. The smallest absolute Gasteiger partial charge is 0.0992 e. The van der Waals surface area contributed by atoms with Crippen molar-refractivity contribution in [2.24, 2.45) is 0 Å². The Morgan fingerprint density at radius 2 is 1.94 bits per heavy atom. The molecule has 1 heterocycles. The molecule has 2 rings (SSSR count). The number of nitrogens with zero attached hydrogens (tertiary/aromatic N) is 1. The molecule has 0 radical (unpaired) electrons. The molecular weight excluding hydrogens is 298 g/mol. The van der Waals surface area contributed by atoms with Gasteiger partial charge in [0.1, 0.15) is 0 Å². The molecule has 0 bridgehead atoms. The fraction of sp³-hybridized carbons (Fsp3) is 0.692. The second kappa shape index (κ2) is 5.39. The van der Waals surface area contributed by atoms with E-state index >= 15 is 0 Å². The molecule has 2 nitrogen and oxygen atoms in total. The van der Waals surface area contributed by atoms with Gasteiger partial charge < -0.3 is 10.0 Å². The Kier molecular flexibility index (Phi) is 4.29. The van der Waals surface area contributed by atoms with E-state index in [9.17, 15) is 5.11 Å². The second-order valence-corrected chi connectivity index (χ2v) is 6.73. The highest BCUT2D eigenvalue weighted by Gasteiger charge is 2.42. The number of thiophene rings is 1. The number of hydrogen-bond acceptors (Lipinski definition) is 3. The third-order valence-corrected chi connectivity index (χ3v) is 5.81. The molecule has 0 amide bonds. The summed E-state index contributed by atoms with van der Waals surface area (Å²) in [6, 6.07) is 0. The van der Waals surface area contributed by atoms with Crippen molar-refractivity contribution in [3.05, 3.63) is 20.8 Å². The SMILES string of the molecule is CN(C)C1(C(O)c2cscc2Br)CCCCC1. The molecule has 0 aliphatic heterocycles. The first-order valence-electron chi connectivity index (χ1n) is 6.15. The van der Waals surface area contributed by atoms with Crippen molar-refractivity contribution in [3.63, 3.8) is 0 Å². The van der Waals surface area contributed by atoms with Gasteiger partial charge >= 0.3 is 0 Å². The Morgan fingerprint density at radius 3 is 2.41 bits per heavy atom. The third kappa shape index (κ3) is 2.46. The molecular formula is C13H20BrNOS. The molecule has 1 aliphatic rings. The summed E-state index contributed by atoms with van der Waals surface area (Å²) < 4.78 is 1.04. The van der Waals surface area contributed by atoms with Crippen LogP contribution < -0.4 is 0 Å². The zero-order chi connectivity index (χ0) is 12.5. The van der Waals surface area contributed by atoms with E-state index in [1.165, 1.54) is 19.3 Å². The van der Waals surface area contributed by atoms with Crippen LogP contribution in [0.3, 0.4) is 0 Å². The Labute approximate surface area is 116 Å². The summed E-state index contributed by atoms with van der Waals surface area (Å²) in [7, 11) is 4.18. The van der Waals surface area contributed by atoms with Crippen LogP contribution in [0.5, 0.6) is 0 Å². The maximum atomic E-state index is 10.8. The monoisotopic (exact) mass is 317 g/mol. The van der Waals surface area contributed by atoms with Crippen molar-refractivity contribution < 1.29 is 5.11 Å². The van der Waals surface area contributed by atoms with Crippen molar-refractivity contribution in [2.45, 2.75) is 43.7 Å². The van der Waals surface area contributed by atoms with Gasteiger partial charge in [0.2, 0.25) is 0 Å². The molecule has 17 heavy (non-hydrogen) atoms. The van der Waals surface area contributed by atoms with E-state index in [0.29, 0.717) is 0 Å². The van der Waals surface area contributed by atoms with Crippen LogP contribution in [0.4, 0.5) is 0 Å². The van der Waals surface area contributed by atoms with Crippen LogP contribution in [-0.4, -0.2) is 29.6 Å². The molecule has 0 saturated heterocycles. The first kappa shape index (κ1) is 13.5. The standard InChI is InChI=1S/C13H20BrNOS/c1-15(2)13(6-4-3-5-7-13)12(16)10-8-17-9-11(10)14/h8-9,12,16H,3-7H2,1-2H3. The van der Waals surface area contributed by atoms with E-state index in [1.807, 2.05) is 5.38 Å². The lowest BCUT2D eigenvalue weighted by molar-refractivity contribution is -0.0337. The van der Waals surface area contributed by atoms with Crippen LogP contribution in [0.15, 0.2) is 15.2 Å². The second-order valence-electron chi connectivity index (χ2n) is 5.14. The number of likely N-dealkylation sites (N-methyl/N-ethyl adjacent to an activating group) is 1. The van der Waals surface area contributed by atoms with Gasteiger partial charge in [0, 0.05) is 15.4 Å². The van der Waals surface area contributed by atoms with Crippen molar-refractivity contribution in [1.29, 1.82) is 0 Å². The van der Waals surface area contributed by atoms with E-state index < -0.39 is 6.10 Å². The first-order chi connectivity index (χ1) is 8.08. The number of aliphatic hydroxyl groups excluding tert-OH is 1. The Morgan fingerprint density at radius 1 is 1.29 bits per heavy atom. The molecule has 1 fully saturated rings. The number of aliphatic hydroxyl groups is 1. The molecule has 96 valence electrons. The molecule has 1 saturated carbocycles. The average molecular weight is 318 g/mol. The van der Waals surface area contributed by atoms with Crippen molar-refractivity contribution in [1.82, 2.24) is 4.90 Å². The Hall–Kier alpha value is 0.100. The maximum absolute atomic E-state index is 10.8. The fourth-order valence-corrected chi connectivity index (χ4v) is 4.44. The Balaban J connectivity index is 2.30. The van der Waals surface area contributed by atoms with Crippen LogP contribution in [-0.2, 0) is 0 Å². The van der Waals surface area contributed by atoms with Gasteiger partial charge in [0.05, 0.1) is 11.6 Å². The largest absolute Gasteiger partial charge is 0.386 e. The maximum Gasteiger partial charge on any atom is 0.0992 e. The van der Waals surface area contributed by atoms with E-state index in [2.05, 4.69) is 40.3 Å². The first-order valence-corrected chi connectivity index (χ1v) is 7.88. The lowest BCUT2D eigenvalue weighted by Crippen LogP contribution is -2.50. The summed E-state index contributed by atoms with van der Waals surface area (Å²) in [6.45, 7) is 0. The van der Waals surface area contributed by atoms with Crippen molar-refractivity contribution in [3.8, 4) is 0 Å². The third-order valence-electron chi connectivity index (χ3n) is 4.06. The van der Waals surface area contributed by atoms with Gasteiger partial charge in [-0.05, 0) is 48.2 Å². The zero-order valence-electron chi connectivity index (χ0n) is 10.4. The van der Waals surface area contributed by atoms with Gasteiger partial charge in [-0.3, -0.25) is 0 Å². The Bertz CT molecular complexity index is 371. The van der Waals surface area contributed by atoms with Crippen molar-refractivity contribution in [2.75, 3.05) is 14.1 Å². The van der Waals surface area contributed by atoms with E-state index in [0.717, 1.165) is 22.9 Å². The van der Waals surface area contributed by atoms with Gasteiger partial charge in [-0.25, -0.2) is 0 Å². The van der Waals surface area contributed by atoms with Crippen LogP contribution >= 0.6 is 27.3 Å². The molecule has 1 aromatic heterocycles. The van der Waals surface area contributed by atoms with Crippen LogP contribution in [0.1, 0.15) is 43.8 Å². The predicted octanol–water partition coefficient (Wildman–Crippen LogP) is 3.81. The minimum absolute atomic E-state index is 0.0815. The van der Waals surface area contributed by atoms with Crippen LogP contribution in [0.25, 0.3) is 0 Å². The predicted molar refractivity (Wildman–Crippen MR) is 76.5 cm³/mol.